The van der Waals surface area contributed by atoms with Crippen molar-refractivity contribution in [1.82, 2.24) is 0 Å². The Bertz CT molecular complexity index is 403. The molecule has 0 atom stereocenters. The minimum Gasteiger partial charge on any atom is -0.202 e. The lowest BCUT2D eigenvalue weighted by atomic mass is 10.1. The zero-order valence-electron chi connectivity index (χ0n) is 8.83. The van der Waals surface area contributed by atoms with Crippen LogP contribution in [-0.2, 0) is 13.0 Å². The molecule has 0 spiro atoms. The first-order valence-corrected chi connectivity index (χ1v) is 5.26. The summed E-state index contributed by atoms with van der Waals surface area (Å²) in [5, 5.41) is 2.67. The maximum Gasteiger partial charge on any atom is 0.181 e. The first-order valence-electron chi connectivity index (χ1n) is 5.26. The van der Waals surface area contributed by atoms with Crippen molar-refractivity contribution in [3.8, 4) is 0 Å². The normalized spacial score (nSPS) is 10.7. The van der Waals surface area contributed by atoms with E-state index in [9.17, 15) is 0 Å². The molecule has 1 heterocycles. The van der Waals surface area contributed by atoms with Crippen molar-refractivity contribution in [1.29, 1.82) is 0 Å². The summed E-state index contributed by atoms with van der Waals surface area (Å²) in [7, 11) is 0. The van der Waals surface area contributed by atoms with E-state index in [1.165, 1.54) is 16.5 Å². The molecule has 0 bridgehead atoms. The number of benzene rings is 1. The smallest absolute Gasteiger partial charge is 0.181 e. The number of aryl methyl sites for hydroxylation is 2. The van der Waals surface area contributed by atoms with Gasteiger partial charge in [0.2, 0.25) is 0 Å². The Morgan fingerprint density at radius 2 is 1.79 bits per heavy atom. The van der Waals surface area contributed by atoms with Gasteiger partial charge in [-0.05, 0) is 18.4 Å². The molecule has 1 nitrogen and oxygen atoms in total. The Morgan fingerprint density at radius 1 is 1.07 bits per heavy atom. The minimum absolute atomic E-state index is 1.05. The lowest BCUT2D eigenvalue weighted by Gasteiger charge is -2.02. The number of pyridine rings is 1. The summed E-state index contributed by atoms with van der Waals surface area (Å²) in [6.07, 6.45) is 3.34. The molecule has 2 aromatic rings. The highest BCUT2D eigenvalue weighted by molar-refractivity contribution is 5.80. The molecule has 14 heavy (non-hydrogen) atoms. The van der Waals surface area contributed by atoms with E-state index in [-0.39, 0.29) is 0 Å². The summed E-state index contributed by atoms with van der Waals surface area (Å²) in [4.78, 5) is 0. The number of aromatic nitrogens is 1. The zero-order valence-corrected chi connectivity index (χ0v) is 8.83. The van der Waals surface area contributed by atoms with Gasteiger partial charge in [-0.2, -0.15) is 0 Å². The van der Waals surface area contributed by atoms with E-state index in [0.29, 0.717) is 0 Å². The average Bonchev–Trinajstić information content (AvgIpc) is 2.27. The molecule has 0 radical (unpaired) electrons. The van der Waals surface area contributed by atoms with Crippen LogP contribution in [0.15, 0.2) is 36.5 Å². The molecule has 1 aromatic heterocycles. The van der Waals surface area contributed by atoms with Crippen molar-refractivity contribution in [3.63, 3.8) is 0 Å². The van der Waals surface area contributed by atoms with E-state index >= 15 is 0 Å². The van der Waals surface area contributed by atoms with Crippen molar-refractivity contribution >= 4 is 10.8 Å². The van der Waals surface area contributed by atoms with E-state index in [1.807, 2.05) is 0 Å². The molecule has 0 N–H and O–H groups in total. The van der Waals surface area contributed by atoms with E-state index in [2.05, 4.69) is 54.9 Å². The highest BCUT2D eigenvalue weighted by Crippen LogP contribution is 2.12. The van der Waals surface area contributed by atoms with Gasteiger partial charge >= 0.3 is 0 Å². The molecule has 0 aliphatic rings. The molecule has 0 saturated carbocycles. The predicted octanol–water partition coefficient (Wildman–Crippen LogP) is 2.71. The fourth-order valence-corrected chi connectivity index (χ4v) is 1.87. The fourth-order valence-electron chi connectivity index (χ4n) is 1.87. The average molecular weight is 186 g/mol. The van der Waals surface area contributed by atoms with Crippen LogP contribution in [0.3, 0.4) is 0 Å². The maximum atomic E-state index is 2.32. The summed E-state index contributed by atoms with van der Waals surface area (Å²) >= 11 is 0. The van der Waals surface area contributed by atoms with Crippen molar-refractivity contribution in [2.45, 2.75) is 26.8 Å². The number of hydrogen-bond donors (Lipinski definition) is 0. The van der Waals surface area contributed by atoms with Crippen LogP contribution in [0.25, 0.3) is 10.8 Å². The van der Waals surface area contributed by atoms with Crippen LogP contribution in [0, 0.1) is 0 Å². The molecule has 0 fully saturated rings. The Labute approximate surface area is 85.0 Å². The topological polar surface area (TPSA) is 3.88 Å². The van der Waals surface area contributed by atoms with Gasteiger partial charge in [0, 0.05) is 17.9 Å². The van der Waals surface area contributed by atoms with Crippen molar-refractivity contribution in [3.05, 3.63) is 42.2 Å². The Kier molecular flexibility index (Phi) is 2.49. The predicted molar refractivity (Wildman–Crippen MR) is 59.2 cm³/mol. The SMILES string of the molecule is CCc1cc2ccccc2c[n+]1CC. The molecule has 1 heteroatoms. The second-order valence-corrected chi connectivity index (χ2v) is 3.53. The van der Waals surface area contributed by atoms with Gasteiger partial charge in [-0.15, -0.1) is 0 Å². The Hall–Kier alpha value is -1.37. The van der Waals surface area contributed by atoms with Crippen LogP contribution in [-0.4, -0.2) is 0 Å². The molecule has 2 rings (SSSR count). The molecular formula is C13H16N+. The zero-order chi connectivity index (χ0) is 9.97. The van der Waals surface area contributed by atoms with Gasteiger partial charge in [0.15, 0.2) is 11.9 Å². The van der Waals surface area contributed by atoms with E-state index in [0.717, 1.165) is 13.0 Å². The van der Waals surface area contributed by atoms with Crippen molar-refractivity contribution in [2.24, 2.45) is 0 Å². The number of hydrogen-bond acceptors (Lipinski definition) is 0. The summed E-state index contributed by atoms with van der Waals surface area (Å²) in [6, 6.07) is 10.8. The Morgan fingerprint density at radius 3 is 2.43 bits per heavy atom. The van der Waals surface area contributed by atoms with Crippen LogP contribution in [0.5, 0.6) is 0 Å². The van der Waals surface area contributed by atoms with Crippen LogP contribution < -0.4 is 4.57 Å². The number of nitrogens with zero attached hydrogens (tertiary/aromatic N) is 1. The largest absolute Gasteiger partial charge is 0.202 e. The highest BCUT2D eigenvalue weighted by atomic mass is 14.9. The second-order valence-electron chi connectivity index (χ2n) is 3.53. The first kappa shape index (κ1) is 9.20. The summed E-state index contributed by atoms with van der Waals surface area (Å²) < 4.78 is 2.32. The molecule has 0 aliphatic heterocycles. The third-order valence-corrected chi connectivity index (χ3v) is 2.68. The summed E-state index contributed by atoms with van der Waals surface area (Å²) in [5.74, 6) is 0. The van der Waals surface area contributed by atoms with E-state index in [4.69, 9.17) is 0 Å². The fraction of sp³-hybridized carbons (Fsp3) is 0.308. The van der Waals surface area contributed by atoms with Gasteiger partial charge in [0.05, 0.1) is 0 Å². The third-order valence-electron chi connectivity index (χ3n) is 2.68. The van der Waals surface area contributed by atoms with Crippen LogP contribution >= 0.6 is 0 Å². The standard InChI is InChI=1S/C13H16N/c1-3-13-9-11-7-5-6-8-12(11)10-14(13)4-2/h5-10H,3-4H2,1-2H3/q+1. The van der Waals surface area contributed by atoms with Gasteiger partial charge in [-0.1, -0.05) is 25.1 Å². The van der Waals surface area contributed by atoms with Crippen molar-refractivity contribution < 1.29 is 4.57 Å². The van der Waals surface area contributed by atoms with Gasteiger partial charge < -0.3 is 0 Å². The van der Waals surface area contributed by atoms with Crippen LogP contribution in [0.4, 0.5) is 0 Å². The summed E-state index contributed by atoms with van der Waals surface area (Å²) in [6.45, 7) is 5.44. The third kappa shape index (κ3) is 1.50. The highest BCUT2D eigenvalue weighted by Gasteiger charge is 2.07. The number of rotatable bonds is 2. The second kappa shape index (κ2) is 3.79. The Balaban J connectivity index is 2.69. The molecule has 0 amide bonds. The maximum absolute atomic E-state index is 2.32. The minimum atomic E-state index is 1.05. The lowest BCUT2D eigenvalue weighted by Crippen LogP contribution is -2.36. The van der Waals surface area contributed by atoms with Gasteiger partial charge in [-0.25, -0.2) is 4.57 Å². The monoisotopic (exact) mass is 186 g/mol. The van der Waals surface area contributed by atoms with E-state index in [1.54, 1.807) is 0 Å². The molecule has 72 valence electrons. The molecular weight excluding hydrogens is 170 g/mol. The van der Waals surface area contributed by atoms with Gasteiger partial charge in [-0.3, -0.25) is 0 Å². The molecule has 0 unspecified atom stereocenters. The van der Waals surface area contributed by atoms with Crippen molar-refractivity contribution in [2.75, 3.05) is 0 Å². The molecule has 1 aromatic carbocycles. The molecule has 0 saturated heterocycles. The quantitative estimate of drug-likeness (QED) is 0.635. The van der Waals surface area contributed by atoms with E-state index < -0.39 is 0 Å². The lowest BCUT2D eigenvalue weighted by molar-refractivity contribution is -0.699. The van der Waals surface area contributed by atoms with Gasteiger partial charge in [0.1, 0.15) is 6.54 Å². The number of fused-ring (bicyclic) bond motifs is 1. The van der Waals surface area contributed by atoms with Crippen LogP contribution in [0.1, 0.15) is 19.5 Å². The van der Waals surface area contributed by atoms with Crippen LogP contribution in [0.2, 0.25) is 0 Å². The summed E-state index contributed by atoms with van der Waals surface area (Å²) in [5.41, 5.74) is 1.41. The molecule has 0 aliphatic carbocycles. The van der Waals surface area contributed by atoms with Gasteiger partial charge in [0.25, 0.3) is 0 Å². The first-order chi connectivity index (χ1) is 6.85.